The monoisotopic (exact) mass is 542 g/mol. The molecule has 0 saturated heterocycles. The summed E-state index contributed by atoms with van der Waals surface area (Å²) >= 11 is 0. The molecule has 0 aliphatic heterocycles. The molecule has 40 heavy (non-hydrogen) atoms. The quantitative estimate of drug-likeness (QED) is 0.352. The van der Waals surface area contributed by atoms with E-state index in [0.717, 1.165) is 53.2 Å². The number of amides is 1. The number of nitrogens with zero attached hydrogens (tertiary/aromatic N) is 5. The van der Waals surface area contributed by atoms with Crippen molar-refractivity contribution in [1.82, 2.24) is 29.2 Å². The van der Waals surface area contributed by atoms with Gasteiger partial charge in [0.05, 0.1) is 16.9 Å². The van der Waals surface area contributed by atoms with Crippen molar-refractivity contribution in [1.29, 1.82) is 0 Å². The average molecular weight is 543 g/mol. The molecule has 1 saturated carbocycles. The molecule has 212 valence electrons. The zero-order valence-corrected chi connectivity index (χ0v) is 25.1. The Kier molecular flexibility index (Phi) is 7.01. The highest BCUT2D eigenvalue weighted by atomic mass is 16.2. The topological polar surface area (TPSA) is 86.7 Å². The number of rotatable bonds is 5. The fraction of sp³-hybridized carbons (Fsp3) is 0.500. The highest BCUT2D eigenvalue weighted by molar-refractivity contribution is 5.95. The molecule has 2 atom stereocenters. The molecule has 1 fully saturated rings. The van der Waals surface area contributed by atoms with E-state index in [0.29, 0.717) is 12.1 Å². The van der Waals surface area contributed by atoms with E-state index in [1.807, 2.05) is 59.5 Å². The Morgan fingerprint density at radius 3 is 2.55 bits per heavy atom. The minimum absolute atomic E-state index is 0.0112. The van der Waals surface area contributed by atoms with Crippen molar-refractivity contribution in [3.8, 4) is 5.69 Å². The molecule has 2 unspecified atom stereocenters. The first-order valence-electron chi connectivity index (χ1n) is 14.2. The van der Waals surface area contributed by atoms with E-state index in [1.165, 1.54) is 0 Å². The van der Waals surface area contributed by atoms with Gasteiger partial charge < -0.3 is 5.32 Å². The van der Waals surface area contributed by atoms with Gasteiger partial charge in [0.2, 0.25) is 0 Å². The first-order chi connectivity index (χ1) is 18.7. The molecule has 1 N–H and O–H groups in total. The van der Waals surface area contributed by atoms with Crippen LogP contribution in [0.3, 0.4) is 0 Å². The number of imidazole rings is 1. The minimum atomic E-state index is -0.0767. The Balaban J connectivity index is 1.38. The van der Waals surface area contributed by atoms with Crippen LogP contribution in [-0.4, -0.2) is 35.8 Å². The van der Waals surface area contributed by atoms with Crippen LogP contribution in [-0.2, 0) is 13.6 Å². The van der Waals surface area contributed by atoms with Crippen molar-refractivity contribution >= 4 is 17.1 Å². The summed E-state index contributed by atoms with van der Waals surface area (Å²) in [7, 11) is 1.80. The van der Waals surface area contributed by atoms with Crippen LogP contribution in [0.4, 0.5) is 0 Å². The van der Waals surface area contributed by atoms with Gasteiger partial charge in [-0.2, -0.15) is 5.10 Å². The van der Waals surface area contributed by atoms with E-state index < -0.39 is 0 Å². The summed E-state index contributed by atoms with van der Waals surface area (Å²) in [6.45, 7) is 15.5. The van der Waals surface area contributed by atoms with Gasteiger partial charge in [-0.1, -0.05) is 40.7 Å². The first kappa shape index (κ1) is 27.9. The Labute approximate surface area is 236 Å². The van der Waals surface area contributed by atoms with Crippen molar-refractivity contribution in [2.45, 2.75) is 86.2 Å². The first-order valence-corrected chi connectivity index (χ1v) is 14.2. The zero-order valence-electron chi connectivity index (χ0n) is 25.1. The van der Waals surface area contributed by atoms with Gasteiger partial charge in [-0.3, -0.25) is 13.9 Å². The normalized spacial score (nSPS) is 19.2. The average Bonchev–Trinajstić information content (AvgIpc) is 3.34. The van der Waals surface area contributed by atoms with E-state index >= 15 is 0 Å². The second-order valence-corrected chi connectivity index (χ2v) is 13.4. The van der Waals surface area contributed by atoms with Gasteiger partial charge in [0.1, 0.15) is 0 Å². The number of pyridine rings is 1. The lowest BCUT2D eigenvalue weighted by molar-refractivity contribution is 0.0836. The third kappa shape index (κ3) is 5.36. The number of nitrogens with one attached hydrogen (secondary N) is 1. The number of aromatic nitrogens is 5. The van der Waals surface area contributed by atoms with Gasteiger partial charge in [-0.15, -0.1) is 0 Å². The van der Waals surface area contributed by atoms with Crippen molar-refractivity contribution < 1.29 is 4.79 Å². The molecule has 8 nitrogen and oxygen atoms in total. The van der Waals surface area contributed by atoms with Crippen molar-refractivity contribution in [2.24, 2.45) is 17.9 Å². The Hall–Kier alpha value is -3.68. The summed E-state index contributed by atoms with van der Waals surface area (Å²) < 4.78 is 5.36. The molecule has 1 aliphatic rings. The SMILES string of the molecule is Cc1cc(C)n(-c2cccc(C(=O)NC3CC(c4ccc5c(n4)n(C)c(=O)n5CC(C)(C)C)CCC3(C)C)c2)n1. The molecule has 1 amide bonds. The second-order valence-electron chi connectivity index (χ2n) is 13.4. The van der Waals surface area contributed by atoms with Gasteiger partial charge in [0, 0.05) is 42.5 Å². The third-order valence-corrected chi connectivity index (χ3v) is 8.32. The summed E-state index contributed by atoms with van der Waals surface area (Å²) in [5, 5.41) is 7.93. The van der Waals surface area contributed by atoms with Crippen LogP contribution in [0.15, 0.2) is 47.3 Å². The van der Waals surface area contributed by atoms with Gasteiger partial charge in [0.15, 0.2) is 5.65 Å². The molecule has 0 bridgehead atoms. The molecule has 3 heterocycles. The highest BCUT2D eigenvalue weighted by Crippen LogP contribution is 2.42. The molecule has 0 spiro atoms. The molecule has 0 radical (unpaired) electrons. The molecule has 8 heteroatoms. The Morgan fingerprint density at radius 2 is 1.88 bits per heavy atom. The van der Waals surface area contributed by atoms with Crippen LogP contribution in [0.1, 0.15) is 87.2 Å². The summed E-state index contributed by atoms with van der Waals surface area (Å²) in [5.74, 6) is 0.122. The van der Waals surface area contributed by atoms with Gasteiger partial charge in [0.25, 0.3) is 5.91 Å². The van der Waals surface area contributed by atoms with Crippen LogP contribution in [0.2, 0.25) is 0 Å². The number of carbonyl (C=O) groups is 1. The molecular weight excluding hydrogens is 500 g/mol. The Morgan fingerprint density at radius 1 is 1.12 bits per heavy atom. The zero-order chi connectivity index (χ0) is 29.0. The number of benzene rings is 1. The summed E-state index contributed by atoms with van der Waals surface area (Å²) in [6, 6.07) is 13.8. The van der Waals surface area contributed by atoms with Crippen LogP contribution in [0, 0.1) is 24.7 Å². The minimum Gasteiger partial charge on any atom is -0.349 e. The molecule has 4 aromatic rings. The van der Waals surface area contributed by atoms with Crippen molar-refractivity contribution in [3.63, 3.8) is 0 Å². The number of carbonyl (C=O) groups excluding carboxylic acids is 1. The lowest BCUT2D eigenvalue weighted by Gasteiger charge is -2.42. The second kappa shape index (κ2) is 10.1. The van der Waals surface area contributed by atoms with E-state index in [9.17, 15) is 9.59 Å². The lowest BCUT2D eigenvalue weighted by Crippen LogP contribution is -2.48. The van der Waals surface area contributed by atoms with E-state index in [4.69, 9.17) is 4.98 Å². The van der Waals surface area contributed by atoms with Crippen molar-refractivity contribution in [3.05, 3.63) is 75.6 Å². The highest BCUT2D eigenvalue weighted by Gasteiger charge is 2.38. The molecule has 3 aromatic heterocycles. The van der Waals surface area contributed by atoms with Gasteiger partial charge >= 0.3 is 5.69 Å². The standard InChI is InChI=1S/C32H42N6O2/c1-20-16-21(2)38(35-20)24-11-9-10-23(17-24)29(39)34-27-18-22(14-15-32(27,6)7)25-12-13-26-28(33-25)36(8)30(40)37(26)19-31(3,4)5/h9-13,16-17,22,27H,14-15,18-19H2,1-8H3,(H,34,39). The molecular formula is C32H42N6O2. The van der Waals surface area contributed by atoms with Gasteiger partial charge in [-0.05, 0) is 80.3 Å². The van der Waals surface area contributed by atoms with Crippen LogP contribution < -0.4 is 11.0 Å². The lowest BCUT2D eigenvalue weighted by atomic mass is 9.68. The maximum Gasteiger partial charge on any atom is 0.330 e. The fourth-order valence-corrected chi connectivity index (χ4v) is 6.02. The van der Waals surface area contributed by atoms with Crippen LogP contribution in [0.25, 0.3) is 16.9 Å². The predicted molar refractivity (Wildman–Crippen MR) is 159 cm³/mol. The van der Waals surface area contributed by atoms with Crippen molar-refractivity contribution in [2.75, 3.05) is 0 Å². The third-order valence-electron chi connectivity index (χ3n) is 8.32. The fourth-order valence-electron chi connectivity index (χ4n) is 6.02. The molecule has 1 aromatic carbocycles. The molecule has 1 aliphatic carbocycles. The van der Waals surface area contributed by atoms with Gasteiger partial charge in [-0.25, -0.2) is 14.5 Å². The number of hydrogen-bond donors (Lipinski definition) is 1. The smallest absolute Gasteiger partial charge is 0.330 e. The largest absolute Gasteiger partial charge is 0.349 e. The maximum absolute atomic E-state index is 13.5. The summed E-state index contributed by atoms with van der Waals surface area (Å²) in [6.07, 6.45) is 2.76. The molecule has 5 rings (SSSR count). The van der Waals surface area contributed by atoms with E-state index in [-0.39, 0.29) is 34.4 Å². The van der Waals surface area contributed by atoms with Crippen LogP contribution >= 0.6 is 0 Å². The van der Waals surface area contributed by atoms with E-state index in [1.54, 1.807) is 11.6 Å². The number of hydrogen-bond acceptors (Lipinski definition) is 4. The maximum atomic E-state index is 13.5. The number of fused-ring (bicyclic) bond motifs is 1. The predicted octanol–water partition coefficient (Wildman–Crippen LogP) is 5.68. The summed E-state index contributed by atoms with van der Waals surface area (Å²) in [4.78, 5) is 31.5. The number of aryl methyl sites for hydroxylation is 3. The van der Waals surface area contributed by atoms with E-state index in [2.05, 4.69) is 51.1 Å². The summed E-state index contributed by atoms with van der Waals surface area (Å²) in [5.41, 5.74) is 5.94. The van der Waals surface area contributed by atoms with Crippen LogP contribution in [0.5, 0.6) is 0 Å². The Bertz CT molecular complexity index is 1630.